The summed E-state index contributed by atoms with van der Waals surface area (Å²) >= 11 is 6.07. The van der Waals surface area contributed by atoms with Gasteiger partial charge in [0.05, 0.1) is 25.2 Å². The van der Waals surface area contributed by atoms with Crippen molar-refractivity contribution >= 4 is 41.6 Å². The first-order chi connectivity index (χ1) is 12.4. The maximum absolute atomic E-state index is 12.3. The molecule has 1 saturated heterocycles. The molecule has 1 atom stereocenters. The van der Waals surface area contributed by atoms with Gasteiger partial charge in [-0.15, -0.1) is 12.4 Å². The summed E-state index contributed by atoms with van der Waals surface area (Å²) in [6.07, 6.45) is 2.73. The number of anilines is 1. The molecule has 1 fully saturated rings. The molecule has 0 aromatic heterocycles. The lowest BCUT2D eigenvalue weighted by atomic mass is 10.1. The van der Waals surface area contributed by atoms with Crippen molar-refractivity contribution in [1.29, 1.82) is 0 Å². The minimum atomic E-state index is -0.814. The van der Waals surface area contributed by atoms with E-state index in [0.29, 0.717) is 23.0 Å². The first kappa shape index (κ1) is 23.5. The second kappa shape index (κ2) is 11.3. The Kier molecular flexibility index (Phi) is 9.87. The van der Waals surface area contributed by atoms with Gasteiger partial charge in [-0.1, -0.05) is 11.6 Å². The van der Waals surface area contributed by atoms with Crippen LogP contribution in [-0.2, 0) is 9.59 Å². The Balaban J connectivity index is 0.00000364. The minimum Gasteiger partial charge on any atom is -0.495 e. The third kappa shape index (κ3) is 7.54. The summed E-state index contributed by atoms with van der Waals surface area (Å²) in [6.45, 7) is 1.95. The van der Waals surface area contributed by atoms with E-state index in [4.69, 9.17) is 21.4 Å². The largest absolute Gasteiger partial charge is 0.495 e. The summed E-state index contributed by atoms with van der Waals surface area (Å²) in [4.78, 5) is 27.2. The van der Waals surface area contributed by atoms with Crippen LogP contribution >= 0.6 is 24.0 Å². The number of hydrogen-bond donors (Lipinski definition) is 2. The second-order valence-electron chi connectivity index (χ2n) is 6.57. The summed E-state index contributed by atoms with van der Waals surface area (Å²) in [5, 5.41) is 12.2. The van der Waals surface area contributed by atoms with E-state index in [0.717, 1.165) is 32.4 Å². The van der Waals surface area contributed by atoms with Gasteiger partial charge in [0, 0.05) is 18.3 Å². The highest BCUT2D eigenvalue weighted by Crippen LogP contribution is 2.27. The summed E-state index contributed by atoms with van der Waals surface area (Å²) in [5.74, 6) is -0.344. The van der Waals surface area contributed by atoms with Gasteiger partial charge >= 0.3 is 5.97 Å². The lowest BCUT2D eigenvalue weighted by molar-refractivity contribution is -0.138. The normalized spacial score (nSPS) is 17.7. The number of carboxylic acid groups (broad SMARTS) is 1. The molecule has 0 bridgehead atoms. The molecule has 1 aliphatic heterocycles. The molecule has 0 aliphatic carbocycles. The number of likely N-dealkylation sites (N-methyl/N-ethyl adjacent to an activating group) is 1. The van der Waals surface area contributed by atoms with Crippen molar-refractivity contribution in [3.63, 3.8) is 0 Å². The molecule has 0 spiro atoms. The van der Waals surface area contributed by atoms with Gasteiger partial charge in [0.1, 0.15) is 5.75 Å². The molecule has 7 nitrogen and oxygen atoms in total. The Labute approximate surface area is 171 Å². The molecule has 1 aliphatic rings. The Hall–Kier alpha value is -1.54. The molecular weight excluding hydrogens is 393 g/mol. The van der Waals surface area contributed by atoms with Crippen LogP contribution in [0.5, 0.6) is 5.75 Å². The zero-order chi connectivity index (χ0) is 19.1. The molecule has 2 rings (SSSR count). The summed E-state index contributed by atoms with van der Waals surface area (Å²) in [6, 6.07) is 5.37. The van der Waals surface area contributed by atoms with Crippen molar-refractivity contribution in [2.24, 2.45) is 0 Å². The number of nitrogens with one attached hydrogen (secondary N) is 1. The SMILES string of the molecule is COc1ccc(NC(=O)CN2CCCC(N(C)CC(=O)O)CC2)cc1Cl.Cl. The van der Waals surface area contributed by atoms with Crippen molar-refractivity contribution in [3.8, 4) is 5.75 Å². The number of amides is 1. The van der Waals surface area contributed by atoms with Gasteiger partial charge in [0.15, 0.2) is 0 Å². The highest BCUT2D eigenvalue weighted by Gasteiger charge is 2.22. The highest BCUT2D eigenvalue weighted by molar-refractivity contribution is 6.32. The van der Waals surface area contributed by atoms with Crippen molar-refractivity contribution in [1.82, 2.24) is 9.80 Å². The number of hydrogen-bond acceptors (Lipinski definition) is 5. The monoisotopic (exact) mass is 419 g/mol. The zero-order valence-corrected chi connectivity index (χ0v) is 17.2. The first-order valence-electron chi connectivity index (χ1n) is 8.67. The molecule has 2 N–H and O–H groups in total. The molecule has 1 heterocycles. The van der Waals surface area contributed by atoms with Gasteiger partial charge in [-0.2, -0.15) is 0 Å². The molecule has 9 heteroatoms. The van der Waals surface area contributed by atoms with E-state index < -0.39 is 5.97 Å². The Bertz CT molecular complexity index is 645. The second-order valence-corrected chi connectivity index (χ2v) is 6.97. The van der Waals surface area contributed by atoms with Crippen LogP contribution in [0.4, 0.5) is 5.69 Å². The summed E-state index contributed by atoms with van der Waals surface area (Å²) < 4.78 is 5.10. The predicted molar refractivity (Wildman–Crippen MR) is 108 cm³/mol. The van der Waals surface area contributed by atoms with Gasteiger partial charge in [-0.25, -0.2) is 0 Å². The minimum absolute atomic E-state index is 0. The number of likely N-dealkylation sites (tertiary alicyclic amines) is 1. The van der Waals surface area contributed by atoms with Gasteiger partial charge in [-0.3, -0.25) is 19.4 Å². The topological polar surface area (TPSA) is 82.1 Å². The first-order valence-corrected chi connectivity index (χ1v) is 9.04. The van der Waals surface area contributed by atoms with Crippen LogP contribution in [0.15, 0.2) is 18.2 Å². The number of methoxy groups -OCH3 is 1. The smallest absolute Gasteiger partial charge is 0.317 e. The van der Waals surface area contributed by atoms with Gasteiger partial charge in [-0.05, 0) is 51.1 Å². The van der Waals surface area contributed by atoms with E-state index in [9.17, 15) is 9.59 Å². The van der Waals surface area contributed by atoms with Crippen LogP contribution in [-0.4, -0.2) is 73.2 Å². The number of carboxylic acids is 1. The molecular formula is C18H27Cl2N3O4. The fraction of sp³-hybridized carbons (Fsp3) is 0.556. The fourth-order valence-corrected chi connectivity index (χ4v) is 3.49. The number of benzene rings is 1. The molecule has 27 heavy (non-hydrogen) atoms. The number of aliphatic carboxylic acids is 1. The predicted octanol–water partition coefficient (Wildman–Crippen LogP) is 2.58. The molecule has 0 saturated carbocycles. The van der Waals surface area contributed by atoms with Crippen molar-refractivity contribution in [3.05, 3.63) is 23.2 Å². The molecule has 152 valence electrons. The maximum atomic E-state index is 12.3. The molecule has 1 amide bonds. The molecule has 0 radical (unpaired) electrons. The Morgan fingerprint density at radius 2 is 2.11 bits per heavy atom. The third-order valence-electron chi connectivity index (χ3n) is 4.60. The molecule has 1 unspecified atom stereocenters. The standard InChI is InChI=1S/C18H26ClN3O4.ClH/c1-21(12-18(24)25)14-4-3-8-22(9-7-14)11-17(23)20-13-5-6-16(26-2)15(19)10-13;/h5-6,10,14H,3-4,7-9,11-12H2,1-2H3,(H,20,23)(H,24,25);1H. The van der Waals surface area contributed by atoms with E-state index in [1.54, 1.807) is 25.3 Å². The van der Waals surface area contributed by atoms with Gasteiger partial charge in [0.2, 0.25) is 5.91 Å². The van der Waals surface area contributed by atoms with E-state index in [1.165, 1.54) is 0 Å². The van der Waals surface area contributed by atoms with Crippen LogP contribution < -0.4 is 10.1 Å². The van der Waals surface area contributed by atoms with Crippen LogP contribution in [0, 0.1) is 0 Å². The van der Waals surface area contributed by atoms with E-state index >= 15 is 0 Å². The van der Waals surface area contributed by atoms with E-state index in [2.05, 4.69) is 10.2 Å². The summed E-state index contributed by atoms with van der Waals surface area (Å²) in [5.41, 5.74) is 0.634. The number of nitrogens with zero attached hydrogens (tertiary/aromatic N) is 2. The number of rotatable bonds is 7. The Morgan fingerprint density at radius 1 is 1.37 bits per heavy atom. The van der Waals surface area contributed by atoms with E-state index in [-0.39, 0.29) is 30.9 Å². The average Bonchev–Trinajstić information content (AvgIpc) is 2.80. The number of ether oxygens (including phenoxy) is 1. The Morgan fingerprint density at radius 3 is 2.74 bits per heavy atom. The molecule has 1 aromatic carbocycles. The zero-order valence-electron chi connectivity index (χ0n) is 15.6. The van der Waals surface area contributed by atoms with Crippen LogP contribution in [0.1, 0.15) is 19.3 Å². The lowest BCUT2D eigenvalue weighted by Gasteiger charge is -2.25. The van der Waals surface area contributed by atoms with Gasteiger partial charge < -0.3 is 15.2 Å². The van der Waals surface area contributed by atoms with Crippen molar-refractivity contribution in [2.75, 3.05) is 45.7 Å². The average molecular weight is 420 g/mol. The van der Waals surface area contributed by atoms with Crippen LogP contribution in [0.25, 0.3) is 0 Å². The number of carbonyl (C=O) groups excluding carboxylic acids is 1. The third-order valence-corrected chi connectivity index (χ3v) is 4.90. The molecule has 1 aromatic rings. The quantitative estimate of drug-likeness (QED) is 0.706. The van der Waals surface area contributed by atoms with Crippen molar-refractivity contribution in [2.45, 2.75) is 25.3 Å². The summed E-state index contributed by atoms with van der Waals surface area (Å²) in [7, 11) is 3.38. The highest BCUT2D eigenvalue weighted by atomic mass is 35.5. The van der Waals surface area contributed by atoms with Crippen molar-refractivity contribution < 1.29 is 19.4 Å². The number of halogens is 2. The van der Waals surface area contributed by atoms with Crippen LogP contribution in [0.3, 0.4) is 0 Å². The maximum Gasteiger partial charge on any atom is 0.317 e. The van der Waals surface area contributed by atoms with Crippen LogP contribution in [0.2, 0.25) is 5.02 Å². The van der Waals surface area contributed by atoms with E-state index in [1.807, 2.05) is 11.9 Å². The number of carbonyl (C=O) groups is 2. The fourth-order valence-electron chi connectivity index (χ4n) is 3.23. The lowest BCUT2D eigenvalue weighted by Crippen LogP contribution is -2.37. The van der Waals surface area contributed by atoms with Gasteiger partial charge in [0.25, 0.3) is 0 Å².